The van der Waals surface area contributed by atoms with Crippen LogP contribution in [-0.4, -0.2) is 42.7 Å². The molecule has 12 heteroatoms. The lowest BCUT2D eigenvalue weighted by molar-refractivity contribution is -0.00494. The van der Waals surface area contributed by atoms with Gasteiger partial charge in [-0.25, -0.2) is 18.9 Å². The van der Waals surface area contributed by atoms with Crippen LogP contribution in [-0.2, 0) is 9.09 Å². The molecular formula is C17H19FN5O5P. The van der Waals surface area contributed by atoms with Crippen LogP contribution in [0.4, 0.5) is 10.3 Å². The number of nitrogens with zero attached hydrogens (tertiary/aromatic N) is 4. The number of nitrogens with two attached hydrogens (primary N) is 1. The van der Waals surface area contributed by atoms with Crippen molar-refractivity contribution in [3.63, 3.8) is 0 Å². The third kappa shape index (κ3) is 3.95. The highest BCUT2D eigenvalue weighted by atomic mass is 31.2. The highest BCUT2D eigenvalue weighted by molar-refractivity contribution is 7.47. The molecule has 0 saturated heterocycles. The largest absolute Gasteiger partial charge is 0.527 e. The van der Waals surface area contributed by atoms with Crippen LogP contribution < -0.4 is 10.3 Å². The van der Waals surface area contributed by atoms with Crippen LogP contribution in [0.3, 0.4) is 0 Å². The minimum absolute atomic E-state index is 0.116. The van der Waals surface area contributed by atoms with Gasteiger partial charge in [0, 0.05) is 18.6 Å². The number of aliphatic hydroxyl groups is 1. The zero-order chi connectivity index (χ0) is 20.6. The van der Waals surface area contributed by atoms with Crippen molar-refractivity contribution < 1.29 is 28.0 Å². The fourth-order valence-electron chi connectivity index (χ4n) is 3.50. The van der Waals surface area contributed by atoms with Crippen LogP contribution in [0.25, 0.3) is 11.2 Å². The van der Waals surface area contributed by atoms with Crippen LogP contribution in [0.2, 0.25) is 0 Å². The highest BCUT2D eigenvalue weighted by Crippen LogP contribution is 2.50. The summed E-state index contributed by atoms with van der Waals surface area (Å²) in [7, 11) is -4.51. The van der Waals surface area contributed by atoms with Crippen molar-refractivity contribution in [3.8, 4) is 5.75 Å². The van der Waals surface area contributed by atoms with Crippen LogP contribution in [0.5, 0.6) is 5.75 Å². The van der Waals surface area contributed by atoms with Gasteiger partial charge in [-0.05, 0) is 24.5 Å². The molecule has 0 bridgehead atoms. The van der Waals surface area contributed by atoms with Gasteiger partial charge < -0.3 is 19.9 Å². The number of aromatic nitrogens is 4. The normalized spacial score (nSPS) is 23.5. The molecular weight excluding hydrogens is 404 g/mol. The number of nitrogen functional groups attached to an aromatic ring is 1. The summed E-state index contributed by atoms with van der Waals surface area (Å²) in [6.45, 7) is -0.295. The number of halogens is 1. The second-order valence-electron chi connectivity index (χ2n) is 6.78. The number of phosphoric acid groups is 1. The van der Waals surface area contributed by atoms with Crippen LogP contribution >= 0.6 is 7.82 Å². The van der Waals surface area contributed by atoms with Gasteiger partial charge in [0.15, 0.2) is 17.2 Å². The molecule has 4 N–H and O–H groups in total. The number of rotatable bonds is 7. The fraction of sp³-hybridized carbons (Fsp3) is 0.353. The minimum Gasteiger partial charge on any atom is -0.401 e. The maximum atomic E-state index is 13.6. The molecule has 2 aromatic heterocycles. The van der Waals surface area contributed by atoms with E-state index in [-0.39, 0.29) is 42.8 Å². The quantitative estimate of drug-likeness (QED) is 0.485. The van der Waals surface area contributed by atoms with Crippen molar-refractivity contribution in [2.75, 3.05) is 18.9 Å². The smallest absolute Gasteiger partial charge is 0.401 e. The lowest BCUT2D eigenvalue weighted by Crippen LogP contribution is -2.42. The van der Waals surface area contributed by atoms with Gasteiger partial charge in [0.1, 0.15) is 5.52 Å². The number of hydrogen-bond acceptors (Lipinski definition) is 8. The zero-order valence-electron chi connectivity index (χ0n) is 15.1. The van der Waals surface area contributed by atoms with Gasteiger partial charge >= 0.3 is 7.82 Å². The summed E-state index contributed by atoms with van der Waals surface area (Å²) in [5.41, 5.74) is 6.77. The van der Waals surface area contributed by atoms with E-state index in [1.54, 1.807) is 10.9 Å². The first kappa shape index (κ1) is 19.7. The summed E-state index contributed by atoms with van der Waals surface area (Å²) < 4.78 is 37.4. The Morgan fingerprint density at radius 1 is 1.34 bits per heavy atom. The number of para-hydroxylation sites is 1. The molecule has 3 aromatic rings. The molecule has 1 aliphatic rings. The highest BCUT2D eigenvalue weighted by Gasteiger charge is 2.43. The third-order valence-electron chi connectivity index (χ3n) is 5.05. The van der Waals surface area contributed by atoms with Gasteiger partial charge in [0.05, 0.1) is 19.1 Å². The summed E-state index contributed by atoms with van der Waals surface area (Å²) >= 11 is 0. The second-order valence-corrected chi connectivity index (χ2v) is 8.16. The van der Waals surface area contributed by atoms with E-state index >= 15 is 0 Å². The van der Waals surface area contributed by atoms with Crippen LogP contribution in [0.15, 0.2) is 36.8 Å². The van der Waals surface area contributed by atoms with E-state index in [4.69, 9.17) is 14.8 Å². The Morgan fingerprint density at radius 3 is 2.90 bits per heavy atom. The van der Waals surface area contributed by atoms with E-state index in [2.05, 4.69) is 15.0 Å². The van der Waals surface area contributed by atoms with Gasteiger partial charge in [-0.15, -0.1) is 0 Å². The number of aliphatic hydroxyl groups excluding tert-OH is 1. The molecule has 4 rings (SSSR count). The van der Waals surface area contributed by atoms with Gasteiger partial charge in [-0.2, -0.15) is 4.98 Å². The standard InChI is InChI=1S/C17H19FN5O5P/c18-12-3-1-2-4-15(12)28-29(25,26)27-8-10-5-14(11(10)7-24)23-9-21-13-6-20-17(19)22-16(13)23/h1-4,6,9-11,14,24H,5,7-8H2,(H,25,26)(H2,19,20,22)/t10-,11+,14-/m1/s1. The Hall–Kier alpha value is -2.59. The molecule has 1 unspecified atom stereocenters. The summed E-state index contributed by atoms with van der Waals surface area (Å²) in [5, 5.41) is 9.79. The van der Waals surface area contributed by atoms with Gasteiger partial charge in [-0.1, -0.05) is 12.1 Å². The number of phosphoric ester groups is 1. The number of fused-ring (bicyclic) bond motifs is 1. The van der Waals surface area contributed by atoms with Crippen molar-refractivity contribution in [2.45, 2.75) is 12.5 Å². The number of anilines is 1. The topological polar surface area (TPSA) is 146 Å². The van der Waals surface area contributed by atoms with Crippen molar-refractivity contribution in [2.24, 2.45) is 11.8 Å². The lowest BCUT2D eigenvalue weighted by Gasteiger charge is -2.44. The Labute approximate surface area is 164 Å². The van der Waals surface area contributed by atoms with Crippen molar-refractivity contribution >= 4 is 24.9 Å². The molecule has 4 atom stereocenters. The summed E-state index contributed by atoms with van der Waals surface area (Å²) in [4.78, 5) is 22.2. The SMILES string of the molecule is Nc1ncc2ncn([C@@H]3C[C@H](COP(=O)(O)Oc4ccccc4F)[C@@H]3CO)c2n1. The first-order valence-electron chi connectivity index (χ1n) is 8.85. The molecule has 1 fully saturated rings. The molecule has 1 aliphatic carbocycles. The predicted molar refractivity (Wildman–Crippen MR) is 100 cm³/mol. The molecule has 1 saturated carbocycles. The maximum Gasteiger partial charge on any atom is 0.527 e. The van der Waals surface area contributed by atoms with Crippen LogP contribution in [0.1, 0.15) is 12.5 Å². The molecule has 0 amide bonds. The van der Waals surface area contributed by atoms with Gasteiger partial charge in [0.2, 0.25) is 5.95 Å². The number of hydrogen-bond donors (Lipinski definition) is 3. The zero-order valence-corrected chi connectivity index (χ0v) is 16.0. The Balaban J connectivity index is 1.41. The third-order valence-corrected chi connectivity index (χ3v) is 5.95. The second kappa shape index (κ2) is 7.68. The summed E-state index contributed by atoms with van der Waals surface area (Å²) in [5.74, 6) is -1.48. The van der Waals surface area contributed by atoms with Gasteiger partial charge in [0.25, 0.3) is 0 Å². The Kier molecular flexibility index (Phi) is 5.22. The molecule has 0 aliphatic heterocycles. The fourth-order valence-corrected chi connectivity index (χ4v) is 4.33. The van der Waals surface area contributed by atoms with E-state index in [9.17, 15) is 19.0 Å². The van der Waals surface area contributed by atoms with E-state index in [1.807, 2.05) is 0 Å². The molecule has 0 spiro atoms. The average molecular weight is 423 g/mol. The van der Waals surface area contributed by atoms with E-state index < -0.39 is 13.6 Å². The Bertz CT molecular complexity index is 1080. The summed E-state index contributed by atoms with van der Waals surface area (Å²) in [6.07, 6.45) is 3.67. The van der Waals surface area contributed by atoms with Crippen LogP contribution in [0, 0.1) is 17.7 Å². The first-order valence-corrected chi connectivity index (χ1v) is 10.3. The van der Waals surface area contributed by atoms with E-state index in [0.717, 1.165) is 6.07 Å². The van der Waals surface area contributed by atoms with Crippen molar-refractivity contribution in [3.05, 3.63) is 42.6 Å². The Morgan fingerprint density at radius 2 is 2.14 bits per heavy atom. The average Bonchev–Trinajstić information content (AvgIpc) is 3.05. The first-order chi connectivity index (χ1) is 13.9. The van der Waals surface area contributed by atoms with Crippen molar-refractivity contribution in [1.29, 1.82) is 0 Å². The molecule has 10 nitrogen and oxygen atoms in total. The summed E-state index contributed by atoms with van der Waals surface area (Å²) in [6, 6.07) is 5.12. The molecule has 154 valence electrons. The molecule has 2 heterocycles. The lowest BCUT2D eigenvalue weighted by atomic mass is 9.70. The monoisotopic (exact) mass is 423 g/mol. The van der Waals surface area contributed by atoms with E-state index in [1.165, 1.54) is 24.4 Å². The molecule has 0 radical (unpaired) electrons. The molecule has 29 heavy (non-hydrogen) atoms. The minimum atomic E-state index is -4.51. The predicted octanol–water partition coefficient (Wildman–Crippen LogP) is 1.91. The maximum absolute atomic E-state index is 13.6. The number of benzene rings is 1. The van der Waals surface area contributed by atoms with Gasteiger partial charge in [-0.3, -0.25) is 9.42 Å². The number of imidazole rings is 1. The van der Waals surface area contributed by atoms with Crippen molar-refractivity contribution in [1.82, 2.24) is 19.5 Å². The molecule has 1 aromatic carbocycles. The van der Waals surface area contributed by atoms with E-state index in [0.29, 0.717) is 17.6 Å².